The van der Waals surface area contributed by atoms with Crippen LogP contribution in [-0.4, -0.2) is 31.8 Å². The van der Waals surface area contributed by atoms with Crippen molar-refractivity contribution in [2.24, 2.45) is 0 Å². The number of carbonyl (C=O) groups excluding carboxylic acids is 1. The van der Waals surface area contributed by atoms with E-state index in [-0.39, 0.29) is 11.7 Å². The van der Waals surface area contributed by atoms with E-state index < -0.39 is 0 Å². The Morgan fingerprint density at radius 1 is 0.781 bits per heavy atom. The smallest absolute Gasteiger partial charge is 0.236 e. The van der Waals surface area contributed by atoms with Gasteiger partial charge in [0.25, 0.3) is 0 Å². The van der Waals surface area contributed by atoms with Gasteiger partial charge in [-0.05, 0) is 12.1 Å². The van der Waals surface area contributed by atoms with Gasteiger partial charge in [0.2, 0.25) is 11.1 Å². The molecule has 156 valence electrons. The normalized spacial score (nSPS) is 10.9. The van der Waals surface area contributed by atoms with E-state index in [2.05, 4.69) is 20.5 Å². The molecule has 0 aliphatic heterocycles. The van der Waals surface area contributed by atoms with E-state index >= 15 is 0 Å². The molecule has 0 saturated heterocycles. The molecule has 0 unspecified atom stereocenters. The predicted octanol–water partition coefficient (Wildman–Crippen LogP) is 5.55. The van der Waals surface area contributed by atoms with Gasteiger partial charge in [-0.1, -0.05) is 95.9 Å². The van der Waals surface area contributed by atoms with Crippen molar-refractivity contribution in [3.05, 3.63) is 84.9 Å². The van der Waals surface area contributed by atoms with E-state index in [0.717, 1.165) is 27.0 Å². The highest BCUT2D eigenvalue weighted by atomic mass is 32.2. The zero-order chi connectivity index (χ0) is 21.8. The van der Waals surface area contributed by atoms with E-state index in [1.165, 1.54) is 23.1 Å². The first-order valence-corrected chi connectivity index (χ1v) is 11.7. The van der Waals surface area contributed by atoms with Crippen molar-refractivity contribution in [1.82, 2.24) is 20.2 Å². The maximum Gasteiger partial charge on any atom is 0.236 e. The van der Waals surface area contributed by atoms with Crippen molar-refractivity contribution in [2.45, 2.75) is 5.16 Å². The summed E-state index contributed by atoms with van der Waals surface area (Å²) in [6.07, 6.45) is 0. The number of para-hydroxylation sites is 1. The summed E-state index contributed by atoms with van der Waals surface area (Å²) in [5.41, 5.74) is 4.21. The minimum Gasteiger partial charge on any atom is -0.301 e. The largest absolute Gasteiger partial charge is 0.301 e. The Bertz CT molecular complexity index is 1340. The Balaban J connectivity index is 1.35. The number of thiazole rings is 1. The average Bonchev–Trinajstić information content (AvgIpc) is 3.26. The number of thioether (sulfide) groups is 1. The molecule has 0 spiro atoms. The maximum absolute atomic E-state index is 12.5. The van der Waals surface area contributed by atoms with Gasteiger partial charge >= 0.3 is 0 Å². The van der Waals surface area contributed by atoms with Crippen LogP contribution >= 0.6 is 23.1 Å². The molecule has 0 atom stereocenters. The monoisotopic (exact) mass is 455 g/mol. The van der Waals surface area contributed by atoms with Gasteiger partial charge in [0.1, 0.15) is 11.4 Å². The summed E-state index contributed by atoms with van der Waals surface area (Å²) in [5, 5.41) is 12.6. The minimum absolute atomic E-state index is 0.161. The standard InChI is InChI=1S/C24H17N5OS2/c30-20(26-23-25-18-13-7-8-14-19(18)32-23)15-31-24-27-21(16-9-3-1-4-10-16)22(28-29-24)17-11-5-2-6-12-17/h1-14H,15H2,(H,25,26,30). The summed E-state index contributed by atoms with van der Waals surface area (Å²) in [7, 11) is 0. The molecule has 8 heteroatoms. The number of fused-ring (bicyclic) bond motifs is 1. The van der Waals surface area contributed by atoms with E-state index in [1.54, 1.807) is 0 Å². The van der Waals surface area contributed by atoms with Crippen LogP contribution in [0.25, 0.3) is 32.7 Å². The van der Waals surface area contributed by atoms with Gasteiger partial charge < -0.3 is 5.32 Å². The van der Waals surface area contributed by atoms with Gasteiger partial charge in [0.05, 0.1) is 16.0 Å². The number of hydrogen-bond acceptors (Lipinski definition) is 7. The second-order valence-electron chi connectivity index (χ2n) is 6.85. The molecule has 6 nitrogen and oxygen atoms in total. The van der Waals surface area contributed by atoms with Crippen LogP contribution in [0.3, 0.4) is 0 Å². The number of aromatic nitrogens is 4. The van der Waals surface area contributed by atoms with Crippen LogP contribution < -0.4 is 5.32 Å². The van der Waals surface area contributed by atoms with Crippen molar-refractivity contribution in [2.75, 3.05) is 11.1 Å². The minimum atomic E-state index is -0.161. The molecule has 0 radical (unpaired) electrons. The summed E-state index contributed by atoms with van der Waals surface area (Å²) in [4.78, 5) is 21.6. The first-order chi connectivity index (χ1) is 15.8. The first-order valence-electron chi connectivity index (χ1n) is 9.90. The second-order valence-corrected chi connectivity index (χ2v) is 8.82. The number of nitrogens with zero attached hydrogens (tertiary/aromatic N) is 4. The molecule has 5 rings (SSSR count). The van der Waals surface area contributed by atoms with Gasteiger partial charge in [0, 0.05) is 11.1 Å². The van der Waals surface area contributed by atoms with Gasteiger partial charge in [-0.3, -0.25) is 4.79 Å². The average molecular weight is 456 g/mol. The van der Waals surface area contributed by atoms with Crippen molar-refractivity contribution < 1.29 is 4.79 Å². The fourth-order valence-corrected chi connectivity index (χ4v) is 4.64. The number of rotatable bonds is 6. The molecule has 2 heterocycles. The van der Waals surface area contributed by atoms with Crippen LogP contribution in [0.4, 0.5) is 5.13 Å². The van der Waals surface area contributed by atoms with Crippen molar-refractivity contribution in [1.29, 1.82) is 0 Å². The van der Waals surface area contributed by atoms with Crippen LogP contribution in [0, 0.1) is 0 Å². The van der Waals surface area contributed by atoms with Crippen LogP contribution in [0.15, 0.2) is 90.1 Å². The lowest BCUT2D eigenvalue weighted by molar-refractivity contribution is -0.113. The van der Waals surface area contributed by atoms with E-state index in [0.29, 0.717) is 16.0 Å². The van der Waals surface area contributed by atoms with Gasteiger partial charge in [-0.15, -0.1) is 10.2 Å². The Labute approximate surface area is 192 Å². The molecule has 2 aromatic heterocycles. The fraction of sp³-hybridized carbons (Fsp3) is 0.0417. The van der Waals surface area contributed by atoms with Gasteiger partial charge in [-0.2, -0.15) is 0 Å². The lowest BCUT2D eigenvalue weighted by Crippen LogP contribution is -2.14. The third-order valence-electron chi connectivity index (χ3n) is 4.63. The molecule has 32 heavy (non-hydrogen) atoms. The summed E-state index contributed by atoms with van der Waals surface area (Å²) >= 11 is 2.70. The highest BCUT2D eigenvalue weighted by Gasteiger charge is 2.15. The van der Waals surface area contributed by atoms with Crippen molar-refractivity contribution in [3.8, 4) is 22.5 Å². The van der Waals surface area contributed by atoms with Crippen molar-refractivity contribution in [3.63, 3.8) is 0 Å². The molecular formula is C24H17N5OS2. The molecule has 1 N–H and O–H groups in total. The molecule has 3 aromatic carbocycles. The molecule has 5 aromatic rings. The number of carbonyl (C=O) groups is 1. The van der Waals surface area contributed by atoms with Crippen LogP contribution in [0.1, 0.15) is 0 Å². The third-order valence-corrected chi connectivity index (χ3v) is 6.42. The Kier molecular flexibility index (Phi) is 5.87. The molecule has 1 amide bonds. The molecule has 0 aliphatic carbocycles. The third kappa shape index (κ3) is 4.51. The summed E-state index contributed by atoms with van der Waals surface area (Å²) < 4.78 is 1.03. The van der Waals surface area contributed by atoms with E-state index in [4.69, 9.17) is 4.98 Å². The topological polar surface area (TPSA) is 80.7 Å². The lowest BCUT2D eigenvalue weighted by atomic mass is 10.0. The number of amides is 1. The summed E-state index contributed by atoms with van der Waals surface area (Å²) in [6, 6.07) is 27.5. The molecule has 0 saturated carbocycles. The number of hydrogen-bond donors (Lipinski definition) is 1. The predicted molar refractivity (Wildman–Crippen MR) is 130 cm³/mol. The van der Waals surface area contributed by atoms with Crippen LogP contribution in [0.5, 0.6) is 0 Å². The molecule has 0 aliphatic rings. The molecule has 0 bridgehead atoms. The fourth-order valence-electron chi connectivity index (χ4n) is 3.17. The zero-order valence-electron chi connectivity index (χ0n) is 16.8. The maximum atomic E-state index is 12.5. The first kappa shape index (κ1) is 20.3. The molecular weight excluding hydrogens is 438 g/mol. The number of benzene rings is 3. The quantitative estimate of drug-likeness (QED) is 0.338. The summed E-state index contributed by atoms with van der Waals surface area (Å²) in [5.74, 6) is 0.00215. The SMILES string of the molecule is O=C(CSc1nnc(-c2ccccc2)c(-c2ccccc2)n1)Nc1nc2ccccc2s1. The van der Waals surface area contributed by atoms with Gasteiger partial charge in [0.15, 0.2) is 5.13 Å². The lowest BCUT2D eigenvalue weighted by Gasteiger charge is -2.09. The van der Waals surface area contributed by atoms with E-state index in [9.17, 15) is 4.79 Å². The highest BCUT2D eigenvalue weighted by Crippen LogP contribution is 2.30. The van der Waals surface area contributed by atoms with Crippen molar-refractivity contribution >= 4 is 44.4 Å². The summed E-state index contributed by atoms with van der Waals surface area (Å²) in [6.45, 7) is 0. The van der Waals surface area contributed by atoms with Gasteiger partial charge in [-0.25, -0.2) is 9.97 Å². The van der Waals surface area contributed by atoms with E-state index in [1.807, 2.05) is 84.9 Å². The zero-order valence-corrected chi connectivity index (χ0v) is 18.4. The second kappa shape index (κ2) is 9.25. The van der Waals surface area contributed by atoms with Crippen LogP contribution in [-0.2, 0) is 4.79 Å². The Morgan fingerprint density at radius 2 is 1.44 bits per heavy atom. The Hall–Kier alpha value is -3.62. The molecule has 0 fully saturated rings. The van der Waals surface area contributed by atoms with Crippen LogP contribution in [0.2, 0.25) is 0 Å². The number of nitrogens with one attached hydrogen (secondary N) is 1. The Morgan fingerprint density at radius 3 is 2.16 bits per heavy atom. The highest BCUT2D eigenvalue weighted by molar-refractivity contribution is 7.99. The number of anilines is 1.